The first-order chi connectivity index (χ1) is 24.0. The number of rotatable bonds is 31. The van der Waals surface area contributed by atoms with Crippen LogP contribution < -0.4 is 0 Å². The van der Waals surface area contributed by atoms with E-state index in [4.69, 9.17) is 14.2 Å². The number of hydrogen-bond donors (Lipinski definition) is 0. The zero-order chi connectivity index (χ0) is 35.9. The molecule has 1 unspecified atom stereocenters. The van der Waals surface area contributed by atoms with Crippen molar-refractivity contribution in [3.05, 3.63) is 97.2 Å². The van der Waals surface area contributed by atoms with Crippen LogP contribution in [0.2, 0.25) is 0 Å². The second kappa shape index (κ2) is 37.2. The molecule has 0 spiro atoms. The van der Waals surface area contributed by atoms with Gasteiger partial charge in [0.25, 0.3) is 0 Å². The molecule has 0 N–H and O–H groups in total. The smallest absolute Gasteiger partial charge is 0.309 e. The molecule has 0 aromatic rings. The van der Waals surface area contributed by atoms with Crippen molar-refractivity contribution in [1.29, 1.82) is 0 Å². The van der Waals surface area contributed by atoms with Crippen LogP contribution in [0, 0.1) is 0 Å². The van der Waals surface area contributed by atoms with Crippen LogP contribution in [0.5, 0.6) is 0 Å². The van der Waals surface area contributed by atoms with Gasteiger partial charge in [-0.25, -0.2) is 0 Å². The number of carbonyl (C=O) groups excluding carboxylic acids is 3. The number of allylic oxidation sites excluding steroid dienone is 15. The molecule has 0 aromatic heterocycles. The summed E-state index contributed by atoms with van der Waals surface area (Å²) in [5, 5.41) is 0. The van der Waals surface area contributed by atoms with E-state index in [-0.39, 0.29) is 44.4 Å². The number of carbonyl (C=O) groups is 3. The monoisotopic (exact) mass is 678 g/mol. The van der Waals surface area contributed by atoms with Gasteiger partial charge in [-0.2, -0.15) is 0 Å². The Hall–Kier alpha value is -3.67. The van der Waals surface area contributed by atoms with Gasteiger partial charge in [-0.15, -0.1) is 0 Å². The topological polar surface area (TPSA) is 78.9 Å². The molecule has 0 amide bonds. The third-order valence-corrected chi connectivity index (χ3v) is 7.11. The van der Waals surface area contributed by atoms with Gasteiger partial charge >= 0.3 is 17.9 Å². The average molecular weight is 679 g/mol. The molecule has 0 heterocycles. The highest BCUT2D eigenvalue weighted by atomic mass is 16.6. The van der Waals surface area contributed by atoms with Gasteiger partial charge < -0.3 is 14.2 Å². The number of hydrogen-bond acceptors (Lipinski definition) is 6. The van der Waals surface area contributed by atoms with E-state index in [1.54, 1.807) is 6.08 Å². The highest BCUT2D eigenvalue weighted by Crippen LogP contribution is 2.09. The lowest BCUT2D eigenvalue weighted by molar-refractivity contribution is -0.166. The molecular weight excluding hydrogens is 612 g/mol. The van der Waals surface area contributed by atoms with Crippen LogP contribution in [0.4, 0.5) is 0 Å². The largest absolute Gasteiger partial charge is 0.462 e. The number of ether oxygens (including phenoxy) is 3. The van der Waals surface area contributed by atoms with Crippen LogP contribution in [-0.2, 0) is 28.6 Å². The fourth-order valence-corrected chi connectivity index (χ4v) is 4.32. The standard InChI is InChI=1S/C43H66O6/c1-4-7-10-13-16-19-21-24-27-30-33-36-42(45)48-39-40(38-47-41(44)35-32-29-26-23-18-15-12-9-6-3)49-43(46)37-34-31-28-25-22-20-17-14-11-8-5-2/h7,9-10,12,14,16-20,22-24,27,29,32,40H,4-6,8,11,13,15,21,25-26,28,30-31,33-39H2,1-3H3/b10-7-,12-9-,17-14-,19-16-,22-20-,23-18-,27-24-,32-29-. The van der Waals surface area contributed by atoms with E-state index in [9.17, 15) is 14.4 Å². The lowest BCUT2D eigenvalue weighted by atomic mass is 10.1. The maximum absolute atomic E-state index is 12.6. The Morgan fingerprint density at radius 3 is 1.55 bits per heavy atom. The molecule has 0 bridgehead atoms. The first kappa shape index (κ1) is 45.3. The van der Waals surface area contributed by atoms with Crippen LogP contribution in [0.15, 0.2) is 97.2 Å². The molecular formula is C43H66O6. The van der Waals surface area contributed by atoms with Crippen molar-refractivity contribution in [3.63, 3.8) is 0 Å². The van der Waals surface area contributed by atoms with E-state index in [0.29, 0.717) is 12.8 Å². The SMILES string of the molecule is CC/C=C\C/C=C\C/C=C\CCCC(=O)OCC(COC(=O)C/C=C\C/C=C\C/C=C\CC)OC(=O)CCCCC/C=C\C=C/CCCC. The summed E-state index contributed by atoms with van der Waals surface area (Å²) in [5.41, 5.74) is 0. The van der Waals surface area contributed by atoms with Gasteiger partial charge in [0.15, 0.2) is 6.10 Å². The summed E-state index contributed by atoms with van der Waals surface area (Å²) in [4.78, 5) is 37.3. The van der Waals surface area contributed by atoms with Crippen molar-refractivity contribution in [2.75, 3.05) is 13.2 Å². The minimum absolute atomic E-state index is 0.117. The van der Waals surface area contributed by atoms with E-state index in [0.717, 1.165) is 70.6 Å². The molecule has 0 saturated heterocycles. The van der Waals surface area contributed by atoms with Crippen molar-refractivity contribution in [3.8, 4) is 0 Å². The average Bonchev–Trinajstić information content (AvgIpc) is 3.10. The van der Waals surface area contributed by atoms with Gasteiger partial charge in [-0.1, -0.05) is 137 Å². The Kier molecular flexibility index (Phi) is 34.4. The van der Waals surface area contributed by atoms with Gasteiger partial charge in [0.05, 0.1) is 6.42 Å². The molecule has 274 valence electrons. The van der Waals surface area contributed by atoms with E-state index >= 15 is 0 Å². The van der Waals surface area contributed by atoms with Crippen LogP contribution in [-0.4, -0.2) is 37.2 Å². The van der Waals surface area contributed by atoms with Crippen LogP contribution in [0.1, 0.15) is 136 Å². The fraction of sp³-hybridized carbons (Fsp3) is 0.558. The predicted octanol–water partition coefficient (Wildman–Crippen LogP) is 11.5. The fourth-order valence-electron chi connectivity index (χ4n) is 4.32. The van der Waals surface area contributed by atoms with E-state index in [1.165, 1.54) is 12.8 Å². The Labute approximate surface area is 298 Å². The summed E-state index contributed by atoms with van der Waals surface area (Å²) in [6.07, 6.45) is 47.2. The van der Waals surface area contributed by atoms with E-state index < -0.39 is 12.1 Å². The highest BCUT2D eigenvalue weighted by Gasteiger charge is 2.19. The second-order valence-electron chi connectivity index (χ2n) is 11.8. The quantitative estimate of drug-likeness (QED) is 0.0239. The van der Waals surface area contributed by atoms with Crippen LogP contribution in [0.25, 0.3) is 0 Å². The highest BCUT2D eigenvalue weighted by molar-refractivity contribution is 5.72. The van der Waals surface area contributed by atoms with Crippen molar-refractivity contribution in [2.45, 2.75) is 142 Å². The molecule has 0 aromatic carbocycles. The second-order valence-corrected chi connectivity index (χ2v) is 11.8. The Bertz CT molecular complexity index is 1060. The summed E-state index contributed by atoms with van der Waals surface area (Å²) >= 11 is 0. The summed E-state index contributed by atoms with van der Waals surface area (Å²) in [6.45, 7) is 6.11. The van der Waals surface area contributed by atoms with E-state index in [2.05, 4.69) is 106 Å². The molecule has 49 heavy (non-hydrogen) atoms. The van der Waals surface area contributed by atoms with Crippen LogP contribution >= 0.6 is 0 Å². The Morgan fingerprint density at radius 1 is 0.469 bits per heavy atom. The number of unbranched alkanes of at least 4 members (excludes halogenated alkanes) is 6. The van der Waals surface area contributed by atoms with Gasteiger partial charge in [-0.3, -0.25) is 14.4 Å². The Balaban J connectivity index is 4.63. The lowest BCUT2D eigenvalue weighted by Gasteiger charge is -2.18. The van der Waals surface area contributed by atoms with Gasteiger partial charge in [-0.05, 0) is 77.0 Å². The molecule has 6 heteroatoms. The third-order valence-electron chi connectivity index (χ3n) is 7.11. The van der Waals surface area contributed by atoms with Gasteiger partial charge in [0, 0.05) is 12.8 Å². The first-order valence-corrected chi connectivity index (χ1v) is 18.8. The summed E-state index contributed by atoms with van der Waals surface area (Å²) in [7, 11) is 0. The zero-order valence-corrected chi connectivity index (χ0v) is 30.9. The molecule has 0 aliphatic carbocycles. The number of esters is 3. The normalized spacial score (nSPS) is 13.1. The minimum atomic E-state index is -0.843. The molecule has 0 fully saturated rings. The molecule has 0 aliphatic rings. The lowest BCUT2D eigenvalue weighted by Crippen LogP contribution is -2.30. The van der Waals surface area contributed by atoms with Gasteiger partial charge in [0.2, 0.25) is 0 Å². The van der Waals surface area contributed by atoms with Crippen molar-refractivity contribution < 1.29 is 28.6 Å². The van der Waals surface area contributed by atoms with Crippen molar-refractivity contribution in [2.24, 2.45) is 0 Å². The molecule has 6 nitrogen and oxygen atoms in total. The first-order valence-electron chi connectivity index (χ1n) is 18.8. The molecule has 0 aliphatic heterocycles. The summed E-state index contributed by atoms with van der Waals surface area (Å²) in [6, 6.07) is 0. The van der Waals surface area contributed by atoms with Gasteiger partial charge in [0.1, 0.15) is 13.2 Å². The van der Waals surface area contributed by atoms with Crippen molar-refractivity contribution >= 4 is 17.9 Å². The minimum Gasteiger partial charge on any atom is -0.462 e. The Morgan fingerprint density at radius 2 is 0.959 bits per heavy atom. The maximum atomic E-state index is 12.6. The third kappa shape index (κ3) is 35.5. The zero-order valence-electron chi connectivity index (χ0n) is 30.9. The van der Waals surface area contributed by atoms with E-state index in [1.807, 2.05) is 6.08 Å². The van der Waals surface area contributed by atoms with Crippen molar-refractivity contribution in [1.82, 2.24) is 0 Å². The predicted molar refractivity (Wildman–Crippen MR) is 205 cm³/mol. The molecule has 0 rings (SSSR count). The molecule has 0 radical (unpaired) electrons. The summed E-state index contributed by atoms with van der Waals surface area (Å²) < 4.78 is 16.4. The molecule has 0 saturated carbocycles. The molecule has 1 atom stereocenters. The maximum Gasteiger partial charge on any atom is 0.309 e. The summed E-state index contributed by atoms with van der Waals surface area (Å²) in [5.74, 6) is -1.17. The van der Waals surface area contributed by atoms with Crippen LogP contribution in [0.3, 0.4) is 0 Å².